The van der Waals surface area contributed by atoms with Crippen molar-refractivity contribution in [3.05, 3.63) is 48.3 Å². The molecule has 0 fully saturated rings. The Hall–Kier alpha value is -2.67. The first-order valence-electron chi connectivity index (χ1n) is 7.05. The van der Waals surface area contributed by atoms with Gasteiger partial charge in [-0.2, -0.15) is 0 Å². The number of hydrogen-bond donors (Lipinski definition) is 1. The van der Waals surface area contributed by atoms with Crippen LogP contribution in [0.3, 0.4) is 0 Å². The molecule has 118 valence electrons. The van der Waals surface area contributed by atoms with Crippen LogP contribution in [0.4, 0.5) is 5.13 Å². The highest BCUT2D eigenvalue weighted by atomic mass is 32.1. The van der Waals surface area contributed by atoms with Crippen molar-refractivity contribution < 1.29 is 14.3 Å². The number of nitrogens with zero attached hydrogens (tertiary/aromatic N) is 2. The minimum absolute atomic E-state index is 0.0917. The third-order valence-corrected chi connectivity index (χ3v) is 4.25. The summed E-state index contributed by atoms with van der Waals surface area (Å²) in [6, 6.07) is 8.96. The van der Waals surface area contributed by atoms with Crippen LogP contribution in [0.25, 0.3) is 10.2 Å². The fraction of sp³-hybridized carbons (Fsp3) is 0.188. The van der Waals surface area contributed by atoms with Crippen molar-refractivity contribution in [3.63, 3.8) is 0 Å². The summed E-state index contributed by atoms with van der Waals surface area (Å²) < 4.78 is 7.47. The van der Waals surface area contributed by atoms with E-state index in [0.717, 1.165) is 10.2 Å². The Morgan fingerprint density at radius 3 is 2.83 bits per heavy atom. The lowest BCUT2D eigenvalue weighted by Gasteiger charge is -2.02. The highest BCUT2D eigenvalue weighted by Gasteiger charge is 2.11. The molecule has 23 heavy (non-hydrogen) atoms. The Bertz CT molecular complexity index is 840. The highest BCUT2D eigenvalue weighted by Crippen LogP contribution is 2.27. The molecule has 3 aromatic rings. The van der Waals surface area contributed by atoms with Crippen LogP contribution in [-0.4, -0.2) is 28.5 Å². The Balaban J connectivity index is 1.68. The number of amides is 1. The molecule has 0 unspecified atom stereocenters. The number of aromatic nitrogens is 2. The van der Waals surface area contributed by atoms with Crippen molar-refractivity contribution in [3.8, 4) is 0 Å². The summed E-state index contributed by atoms with van der Waals surface area (Å²) in [7, 11) is 1.34. The molecule has 1 N–H and O–H groups in total. The third-order valence-electron chi connectivity index (χ3n) is 3.32. The first kappa shape index (κ1) is 15.2. The van der Waals surface area contributed by atoms with Gasteiger partial charge < -0.3 is 14.6 Å². The standard InChI is InChI=1S/C16H15N3O3S/c1-22-15(21)11-4-5-12-13(10-11)23-16(17-12)18-14(20)6-9-19-7-2-3-8-19/h2-5,7-8,10H,6,9H2,1H3,(H,17,18,20). The van der Waals surface area contributed by atoms with E-state index in [1.807, 2.05) is 29.1 Å². The zero-order valence-electron chi connectivity index (χ0n) is 12.5. The molecular formula is C16H15N3O3S. The quantitative estimate of drug-likeness (QED) is 0.731. The minimum atomic E-state index is -0.391. The van der Waals surface area contributed by atoms with Gasteiger partial charge in [0, 0.05) is 25.4 Å². The van der Waals surface area contributed by atoms with Gasteiger partial charge in [0.15, 0.2) is 5.13 Å². The van der Waals surface area contributed by atoms with Crippen LogP contribution < -0.4 is 5.32 Å². The van der Waals surface area contributed by atoms with Gasteiger partial charge in [-0.25, -0.2) is 9.78 Å². The first-order valence-corrected chi connectivity index (χ1v) is 7.87. The van der Waals surface area contributed by atoms with Crippen LogP contribution in [0.1, 0.15) is 16.8 Å². The lowest BCUT2D eigenvalue weighted by molar-refractivity contribution is -0.116. The van der Waals surface area contributed by atoms with Gasteiger partial charge in [0.05, 0.1) is 22.9 Å². The van der Waals surface area contributed by atoms with E-state index in [1.54, 1.807) is 18.2 Å². The molecule has 0 aliphatic rings. The van der Waals surface area contributed by atoms with E-state index in [0.29, 0.717) is 23.7 Å². The van der Waals surface area contributed by atoms with E-state index in [9.17, 15) is 9.59 Å². The molecule has 0 atom stereocenters. The van der Waals surface area contributed by atoms with Crippen molar-refractivity contribution in [1.29, 1.82) is 0 Å². The molecule has 0 saturated carbocycles. The molecule has 7 heteroatoms. The van der Waals surface area contributed by atoms with Gasteiger partial charge in [-0.15, -0.1) is 0 Å². The number of carbonyl (C=O) groups excluding carboxylic acids is 2. The van der Waals surface area contributed by atoms with Crippen molar-refractivity contribution >= 4 is 38.6 Å². The van der Waals surface area contributed by atoms with E-state index in [4.69, 9.17) is 4.74 Å². The topological polar surface area (TPSA) is 73.2 Å². The van der Waals surface area contributed by atoms with Crippen LogP contribution in [0.5, 0.6) is 0 Å². The number of fused-ring (bicyclic) bond motifs is 1. The number of carbonyl (C=O) groups is 2. The van der Waals surface area contributed by atoms with Gasteiger partial charge in [-0.3, -0.25) is 4.79 Å². The molecular weight excluding hydrogens is 314 g/mol. The highest BCUT2D eigenvalue weighted by molar-refractivity contribution is 7.22. The average molecular weight is 329 g/mol. The molecule has 0 bridgehead atoms. The molecule has 6 nitrogen and oxygen atoms in total. The minimum Gasteiger partial charge on any atom is -0.465 e. The van der Waals surface area contributed by atoms with Crippen LogP contribution in [-0.2, 0) is 16.1 Å². The lowest BCUT2D eigenvalue weighted by atomic mass is 10.2. The van der Waals surface area contributed by atoms with Gasteiger partial charge in [0.2, 0.25) is 5.91 Å². The normalized spacial score (nSPS) is 10.7. The van der Waals surface area contributed by atoms with Crippen LogP contribution in [0.15, 0.2) is 42.7 Å². The Labute approximate surface area is 136 Å². The number of nitrogens with one attached hydrogen (secondary N) is 1. The molecule has 0 aliphatic carbocycles. The summed E-state index contributed by atoms with van der Waals surface area (Å²) in [6.45, 7) is 0.621. The van der Waals surface area contributed by atoms with Gasteiger partial charge >= 0.3 is 5.97 Å². The molecule has 1 amide bonds. The third kappa shape index (κ3) is 3.57. The second-order valence-corrected chi connectivity index (χ2v) is 5.94. The number of benzene rings is 1. The number of rotatable bonds is 5. The van der Waals surface area contributed by atoms with Crippen molar-refractivity contribution in [1.82, 2.24) is 9.55 Å². The lowest BCUT2D eigenvalue weighted by Crippen LogP contribution is -2.13. The molecule has 0 radical (unpaired) electrons. The predicted molar refractivity (Wildman–Crippen MR) is 88.6 cm³/mol. The van der Waals surface area contributed by atoms with Crippen LogP contribution >= 0.6 is 11.3 Å². The zero-order chi connectivity index (χ0) is 16.2. The molecule has 2 aromatic heterocycles. The maximum atomic E-state index is 12.0. The summed E-state index contributed by atoms with van der Waals surface area (Å²) in [4.78, 5) is 27.9. The van der Waals surface area contributed by atoms with Gasteiger partial charge in [0.1, 0.15) is 0 Å². The fourth-order valence-electron chi connectivity index (χ4n) is 2.15. The smallest absolute Gasteiger partial charge is 0.337 e. The fourth-order valence-corrected chi connectivity index (χ4v) is 3.08. The molecule has 0 saturated heterocycles. The van der Waals surface area contributed by atoms with Crippen LogP contribution in [0, 0.1) is 0 Å². The maximum absolute atomic E-state index is 12.0. The number of anilines is 1. The predicted octanol–water partition coefficient (Wildman–Crippen LogP) is 2.91. The zero-order valence-corrected chi connectivity index (χ0v) is 13.3. The van der Waals surface area contributed by atoms with Crippen LogP contribution in [0.2, 0.25) is 0 Å². The molecule has 1 aromatic carbocycles. The summed E-state index contributed by atoms with van der Waals surface area (Å²) in [6.07, 6.45) is 4.20. The largest absolute Gasteiger partial charge is 0.465 e. The van der Waals surface area contributed by atoms with Gasteiger partial charge in [-0.1, -0.05) is 11.3 Å². The van der Waals surface area contributed by atoms with Crippen molar-refractivity contribution in [2.24, 2.45) is 0 Å². The Kier molecular flexibility index (Phi) is 4.38. The van der Waals surface area contributed by atoms with Crippen molar-refractivity contribution in [2.75, 3.05) is 12.4 Å². The Morgan fingerprint density at radius 2 is 2.09 bits per heavy atom. The summed E-state index contributed by atoms with van der Waals surface area (Å²) in [5, 5.41) is 3.32. The summed E-state index contributed by atoms with van der Waals surface area (Å²) in [5.41, 5.74) is 1.21. The number of esters is 1. The molecule has 0 aliphatic heterocycles. The number of methoxy groups -OCH3 is 1. The Morgan fingerprint density at radius 1 is 1.30 bits per heavy atom. The molecule has 2 heterocycles. The van der Waals surface area contributed by atoms with E-state index < -0.39 is 5.97 Å². The van der Waals surface area contributed by atoms with E-state index in [2.05, 4.69) is 10.3 Å². The maximum Gasteiger partial charge on any atom is 0.337 e. The second-order valence-electron chi connectivity index (χ2n) is 4.91. The second kappa shape index (κ2) is 6.62. The summed E-state index contributed by atoms with van der Waals surface area (Å²) >= 11 is 1.33. The average Bonchev–Trinajstić information content (AvgIpc) is 3.20. The summed E-state index contributed by atoms with van der Waals surface area (Å²) in [5.74, 6) is -0.483. The first-order chi connectivity index (χ1) is 11.2. The van der Waals surface area contributed by atoms with Gasteiger partial charge in [0.25, 0.3) is 0 Å². The van der Waals surface area contributed by atoms with E-state index in [-0.39, 0.29) is 5.91 Å². The van der Waals surface area contributed by atoms with E-state index >= 15 is 0 Å². The SMILES string of the molecule is COC(=O)c1ccc2nc(NC(=O)CCn3cccc3)sc2c1. The van der Waals surface area contributed by atoms with E-state index in [1.165, 1.54) is 18.4 Å². The number of aryl methyl sites for hydroxylation is 1. The number of thiazole rings is 1. The molecule has 3 rings (SSSR count). The van der Waals surface area contributed by atoms with Gasteiger partial charge in [-0.05, 0) is 30.3 Å². The molecule has 0 spiro atoms. The van der Waals surface area contributed by atoms with Crippen molar-refractivity contribution in [2.45, 2.75) is 13.0 Å². The number of hydrogen-bond acceptors (Lipinski definition) is 5. The monoisotopic (exact) mass is 329 g/mol. The number of ether oxygens (including phenoxy) is 1.